The Hall–Kier alpha value is 0.210. The van der Waals surface area contributed by atoms with E-state index in [1.54, 1.807) is 0 Å². The molecule has 10 heavy (non-hydrogen) atoms. The number of halogens is 1. The molecule has 0 amide bonds. The predicted octanol–water partition coefficient (Wildman–Crippen LogP) is 0.885. The Morgan fingerprint density at radius 3 is 2.40 bits per heavy atom. The molecule has 2 nitrogen and oxygen atoms in total. The fourth-order valence-corrected chi connectivity index (χ4v) is 1.36. The van der Waals surface area contributed by atoms with Crippen LogP contribution >= 0.6 is 12.4 Å². The smallest absolute Gasteiger partial charge is 0.0612 e. The van der Waals surface area contributed by atoms with E-state index in [-0.39, 0.29) is 17.9 Å². The lowest BCUT2D eigenvalue weighted by Crippen LogP contribution is -2.41. The highest BCUT2D eigenvalue weighted by atomic mass is 35.5. The summed E-state index contributed by atoms with van der Waals surface area (Å²) in [5.74, 6) is 0. The molecule has 1 aliphatic heterocycles. The molecule has 1 heterocycles. The quantitative estimate of drug-likeness (QED) is 0.624. The summed E-state index contributed by atoms with van der Waals surface area (Å²) in [6.07, 6.45) is 2.37. The van der Waals surface area contributed by atoms with E-state index in [1.165, 1.54) is 6.42 Å². The fraction of sp³-hybridized carbons (Fsp3) is 1.00. The first kappa shape index (κ1) is 10.2. The van der Waals surface area contributed by atoms with Gasteiger partial charge in [-0.1, -0.05) is 0 Å². The Morgan fingerprint density at radius 2 is 2.20 bits per heavy atom. The van der Waals surface area contributed by atoms with Crippen LogP contribution in [0.4, 0.5) is 0 Å². The highest BCUT2D eigenvalue weighted by Crippen LogP contribution is 2.25. The van der Waals surface area contributed by atoms with Crippen LogP contribution in [0.2, 0.25) is 0 Å². The lowest BCUT2D eigenvalue weighted by Gasteiger charge is -2.29. The van der Waals surface area contributed by atoms with E-state index in [4.69, 9.17) is 5.11 Å². The van der Waals surface area contributed by atoms with Gasteiger partial charge in [0.25, 0.3) is 0 Å². The van der Waals surface area contributed by atoms with Gasteiger partial charge < -0.3 is 5.11 Å². The van der Waals surface area contributed by atoms with E-state index in [9.17, 15) is 0 Å². The molecule has 0 aromatic heterocycles. The number of aliphatic hydroxyl groups excluding tert-OH is 1. The minimum Gasteiger partial charge on any atom is -0.394 e. The first-order chi connectivity index (χ1) is 4.19. The largest absolute Gasteiger partial charge is 0.394 e. The van der Waals surface area contributed by atoms with Gasteiger partial charge in [-0.2, -0.15) is 0 Å². The second-order valence-corrected chi connectivity index (χ2v) is 3.18. The summed E-state index contributed by atoms with van der Waals surface area (Å²) < 4.78 is 0. The van der Waals surface area contributed by atoms with Crippen LogP contribution < -0.4 is 0 Å². The summed E-state index contributed by atoms with van der Waals surface area (Å²) in [5.41, 5.74) is 0.0833. The van der Waals surface area contributed by atoms with Gasteiger partial charge in [-0.15, -0.1) is 12.4 Å². The lowest BCUT2D eigenvalue weighted by atomic mass is 10.0. The van der Waals surface area contributed by atoms with Crippen molar-refractivity contribution in [2.75, 3.05) is 20.2 Å². The third kappa shape index (κ3) is 1.62. The van der Waals surface area contributed by atoms with Crippen LogP contribution in [-0.2, 0) is 0 Å². The number of aliphatic hydroxyl groups is 1. The molecular weight excluding hydrogens is 150 g/mol. The van der Waals surface area contributed by atoms with E-state index >= 15 is 0 Å². The molecule has 0 aromatic rings. The van der Waals surface area contributed by atoms with Gasteiger partial charge in [0.05, 0.1) is 6.61 Å². The zero-order chi connectivity index (χ0) is 6.91. The zero-order valence-corrected chi connectivity index (χ0v) is 7.45. The molecule has 0 aromatic carbocycles. The summed E-state index contributed by atoms with van der Waals surface area (Å²) >= 11 is 0. The second kappa shape index (κ2) is 3.56. The van der Waals surface area contributed by atoms with E-state index < -0.39 is 0 Å². The predicted molar refractivity (Wildman–Crippen MR) is 44.6 cm³/mol. The Morgan fingerprint density at radius 1 is 1.60 bits per heavy atom. The summed E-state index contributed by atoms with van der Waals surface area (Å²) in [6.45, 7) is 3.54. The van der Waals surface area contributed by atoms with E-state index in [0.29, 0.717) is 6.61 Å². The highest BCUT2D eigenvalue weighted by Gasteiger charge is 2.32. The van der Waals surface area contributed by atoms with E-state index in [1.807, 2.05) is 0 Å². The van der Waals surface area contributed by atoms with Crippen LogP contribution in [-0.4, -0.2) is 35.7 Å². The van der Waals surface area contributed by atoms with Crippen molar-refractivity contribution in [3.8, 4) is 0 Å². The van der Waals surface area contributed by atoms with E-state index in [0.717, 1.165) is 13.0 Å². The third-order valence-electron chi connectivity index (χ3n) is 2.47. The van der Waals surface area contributed by atoms with Crippen molar-refractivity contribution in [1.82, 2.24) is 4.90 Å². The monoisotopic (exact) mass is 165 g/mol. The van der Waals surface area contributed by atoms with Crippen molar-refractivity contribution in [3.05, 3.63) is 0 Å². The zero-order valence-electron chi connectivity index (χ0n) is 6.63. The van der Waals surface area contributed by atoms with Crippen molar-refractivity contribution < 1.29 is 5.11 Å². The summed E-state index contributed by atoms with van der Waals surface area (Å²) in [5, 5.41) is 8.95. The van der Waals surface area contributed by atoms with Crippen LogP contribution in [0.25, 0.3) is 0 Å². The Bertz CT molecular complexity index is 110. The minimum atomic E-state index is 0. The Kier molecular flexibility index (Phi) is 3.63. The molecular formula is C7H16ClNO. The molecule has 62 valence electrons. The van der Waals surface area contributed by atoms with Gasteiger partial charge in [0.15, 0.2) is 0 Å². The van der Waals surface area contributed by atoms with Crippen molar-refractivity contribution in [3.63, 3.8) is 0 Å². The average Bonchev–Trinajstić information content (AvgIpc) is 2.15. The molecule has 0 bridgehead atoms. The molecule has 1 N–H and O–H groups in total. The topological polar surface area (TPSA) is 23.5 Å². The molecule has 1 saturated heterocycles. The number of likely N-dealkylation sites (N-methyl/N-ethyl adjacent to an activating group) is 1. The average molecular weight is 166 g/mol. The maximum atomic E-state index is 8.95. The molecule has 1 aliphatic rings. The molecule has 1 fully saturated rings. The normalized spacial score (nSPS) is 33.9. The van der Waals surface area contributed by atoms with Gasteiger partial charge >= 0.3 is 0 Å². The molecule has 0 spiro atoms. The van der Waals surface area contributed by atoms with Crippen LogP contribution in [0.15, 0.2) is 0 Å². The lowest BCUT2D eigenvalue weighted by molar-refractivity contribution is 0.100. The molecule has 0 aliphatic carbocycles. The van der Waals surface area contributed by atoms with Gasteiger partial charge in [-0.3, -0.25) is 4.90 Å². The van der Waals surface area contributed by atoms with Crippen molar-refractivity contribution >= 4 is 12.4 Å². The van der Waals surface area contributed by atoms with Crippen LogP contribution in [0.5, 0.6) is 0 Å². The Balaban J connectivity index is 0.000000810. The van der Waals surface area contributed by atoms with Crippen LogP contribution in [0, 0.1) is 0 Å². The Labute approximate surface area is 68.6 Å². The highest BCUT2D eigenvalue weighted by molar-refractivity contribution is 5.85. The molecule has 1 rings (SSSR count). The number of likely N-dealkylation sites (tertiary alicyclic amines) is 1. The van der Waals surface area contributed by atoms with Crippen LogP contribution in [0.1, 0.15) is 19.8 Å². The summed E-state index contributed by atoms with van der Waals surface area (Å²) in [7, 11) is 2.07. The molecule has 3 heteroatoms. The molecule has 0 radical (unpaired) electrons. The van der Waals surface area contributed by atoms with Gasteiger partial charge in [0.2, 0.25) is 0 Å². The number of nitrogens with zero attached hydrogens (tertiary/aromatic N) is 1. The molecule has 1 atom stereocenters. The first-order valence-corrected chi connectivity index (χ1v) is 3.51. The maximum Gasteiger partial charge on any atom is 0.0612 e. The van der Waals surface area contributed by atoms with Gasteiger partial charge in [-0.25, -0.2) is 0 Å². The molecule has 0 saturated carbocycles. The van der Waals surface area contributed by atoms with Crippen molar-refractivity contribution in [2.24, 2.45) is 0 Å². The van der Waals surface area contributed by atoms with E-state index in [2.05, 4.69) is 18.9 Å². The fourth-order valence-electron chi connectivity index (χ4n) is 1.36. The third-order valence-corrected chi connectivity index (χ3v) is 2.47. The van der Waals surface area contributed by atoms with Gasteiger partial charge in [0, 0.05) is 5.54 Å². The second-order valence-electron chi connectivity index (χ2n) is 3.18. The van der Waals surface area contributed by atoms with Gasteiger partial charge in [0.1, 0.15) is 0 Å². The summed E-state index contributed by atoms with van der Waals surface area (Å²) in [4.78, 5) is 2.23. The first-order valence-electron chi connectivity index (χ1n) is 3.51. The minimum absolute atomic E-state index is 0. The van der Waals surface area contributed by atoms with Crippen molar-refractivity contribution in [2.45, 2.75) is 25.3 Å². The maximum absolute atomic E-state index is 8.95. The number of rotatable bonds is 1. The molecule has 1 unspecified atom stereocenters. The van der Waals surface area contributed by atoms with Gasteiger partial charge in [-0.05, 0) is 33.4 Å². The standard InChI is InChI=1S/C7H15NO.ClH/c1-7(6-9)4-3-5-8(7)2;/h9H,3-6H2,1-2H3;1H. The SMILES string of the molecule is CN1CCCC1(C)CO.Cl. The number of hydrogen-bond donors (Lipinski definition) is 1. The summed E-state index contributed by atoms with van der Waals surface area (Å²) in [6, 6.07) is 0. The number of hydrogen-bond acceptors (Lipinski definition) is 2. The van der Waals surface area contributed by atoms with Crippen molar-refractivity contribution in [1.29, 1.82) is 0 Å². The van der Waals surface area contributed by atoms with Crippen LogP contribution in [0.3, 0.4) is 0 Å².